The molecule has 0 aromatic heterocycles. The Morgan fingerprint density at radius 2 is 2.05 bits per heavy atom. The summed E-state index contributed by atoms with van der Waals surface area (Å²) in [6, 6.07) is 2.94. The molecular formula is C14H20ClN3O4. The number of benzene rings is 1. The van der Waals surface area contributed by atoms with Gasteiger partial charge >= 0.3 is 0 Å². The van der Waals surface area contributed by atoms with Crippen molar-refractivity contribution in [3.8, 4) is 11.5 Å². The van der Waals surface area contributed by atoms with E-state index in [0.717, 1.165) is 6.54 Å². The fraction of sp³-hybridized carbons (Fsp3) is 0.429. The number of rotatable bonds is 9. The van der Waals surface area contributed by atoms with Gasteiger partial charge in [0.25, 0.3) is 11.8 Å². The van der Waals surface area contributed by atoms with Gasteiger partial charge in [0.05, 0.1) is 12.1 Å². The molecule has 22 heavy (non-hydrogen) atoms. The summed E-state index contributed by atoms with van der Waals surface area (Å²) >= 11 is 6.08. The summed E-state index contributed by atoms with van der Waals surface area (Å²) in [7, 11) is 1.41. The zero-order valence-corrected chi connectivity index (χ0v) is 13.3. The Balaban J connectivity index is 2.83. The molecule has 0 saturated carbocycles. The number of hydrogen-bond donors (Lipinski definition) is 3. The molecule has 0 bridgehead atoms. The summed E-state index contributed by atoms with van der Waals surface area (Å²) in [5, 5.41) is 6.01. The van der Waals surface area contributed by atoms with E-state index in [1.807, 2.05) is 6.92 Å². The zero-order valence-electron chi connectivity index (χ0n) is 12.6. The molecule has 1 aromatic carbocycles. The molecule has 0 aliphatic carbocycles. The average Bonchev–Trinajstić information content (AvgIpc) is 2.49. The first-order valence-electron chi connectivity index (χ1n) is 6.77. The summed E-state index contributed by atoms with van der Waals surface area (Å²) in [6.07, 6.45) is 0. The van der Waals surface area contributed by atoms with E-state index in [0.29, 0.717) is 18.7 Å². The Morgan fingerprint density at radius 3 is 2.64 bits per heavy atom. The second kappa shape index (κ2) is 9.11. The van der Waals surface area contributed by atoms with Gasteiger partial charge < -0.3 is 25.8 Å². The maximum absolute atomic E-state index is 12.0. The van der Waals surface area contributed by atoms with Gasteiger partial charge in [0.1, 0.15) is 0 Å². The molecule has 0 aliphatic rings. The number of amides is 2. The number of halogens is 1. The van der Waals surface area contributed by atoms with Crippen LogP contribution in [0.2, 0.25) is 5.02 Å². The maximum atomic E-state index is 12.0. The highest BCUT2D eigenvalue weighted by atomic mass is 35.5. The fourth-order valence-electron chi connectivity index (χ4n) is 1.68. The first-order chi connectivity index (χ1) is 10.5. The Labute approximate surface area is 134 Å². The third-order valence-corrected chi connectivity index (χ3v) is 2.97. The largest absolute Gasteiger partial charge is 0.493 e. The van der Waals surface area contributed by atoms with E-state index >= 15 is 0 Å². The third kappa shape index (κ3) is 5.42. The first kappa shape index (κ1) is 18.1. The Kier molecular flexibility index (Phi) is 7.48. The van der Waals surface area contributed by atoms with Gasteiger partial charge in [0.15, 0.2) is 18.1 Å². The quantitative estimate of drug-likeness (QED) is 0.574. The van der Waals surface area contributed by atoms with Crippen LogP contribution in [0.25, 0.3) is 0 Å². The highest BCUT2D eigenvalue weighted by molar-refractivity contribution is 6.32. The lowest BCUT2D eigenvalue weighted by Crippen LogP contribution is -2.31. The topological polar surface area (TPSA) is 103 Å². The van der Waals surface area contributed by atoms with Crippen molar-refractivity contribution in [1.82, 2.24) is 10.6 Å². The Bertz CT molecular complexity index is 537. The molecule has 2 amide bonds. The first-order valence-corrected chi connectivity index (χ1v) is 7.15. The van der Waals surface area contributed by atoms with Crippen molar-refractivity contribution in [3.05, 3.63) is 22.7 Å². The van der Waals surface area contributed by atoms with Crippen molar-refractivity contribution >= 4 is 23.4 Å². The summed E-state index contributed by atoms with van der Waals surface area (Å²) in [5.74, 6) is -0.485. The van der Waals surface area contributed by atoms with Crippen molar-refractivity contribution in [2.45, 2.75) is 6.92 Å². The molecular weight excluding hydrogens is 310 g/mol. The van der Waals surface area contributed by atoms with Crippen molar-refractivity contribution in [2.24, 2.45) is 5.73 Å². The molecule has 8 heteroatoms. The van der Waals surface area contributed by atoms with Crippen LogP contribution >= 0.6 is 11.6 Å². The van der Waals surface area contributed by atoms with Gasteiger partial charge in [-0.3, -0.25) is 9.59 Å². The molecule has 0 radical (unpaired) electrons. The van der Waals surface area contributed by atoms with Crippen LogP contribution in [0.5, 0.6) is 11.5 Å². The number of ether oxygens (including phenoxy) is 2. The van der Waals surface area contributed by atoms with E-state index in [1.165, 1.54) is 19.2 Å². The number of likely N-dealkylation sites (N-methyl/N-ethyl adjacent to an activating group) is 1. The lowest BCUT2D eigenvalue weighted by molar-refractivity contribution is -0.119. The van der Waals surface area contributed by atoms with Crippen LogP contribution in [0, 0.1) is 0 Å². The minimum atomic E-state index is -0.636. The van der Waals surface area contributed by atoms with Crippen molar-refractivity contribution in [2.75, 3.05) is 33.4 Å². The van der Waals surface area contributed by atoms with Crippen LogP contribution in [-0.4, -0.2) is 45.2 Å². The lowest BCUT2D eigenvalue weighted by Gasteiger charge is -2.13. The number of carbonyl (C=O) groups is 2. The third-order valence-electron chi connectivity index (χ3n) is 2.69. The molecule has 7 nitrogen and oxygen atoms in total. The number of methoxy groups -OCH3 is 1. The summed E-state index contributed by atoms with van der Waals surface area (Å²) in [6.45, 7) is 3.66. The molecule has 0 aliphatic heterocycles. The smallest absolute Gasteiger partial charge is 0.255 e. The number of hydrogen-bond acceptors (Lipinski definition) is 5. The van der Waals surface area contributed by atoms with Gasteiger partial charge in [-0.2, -0.15) is 0 Å². The normalized spacial score (nSPS) is 10.1. The number of primary amides is 1. The van der Waals surface area contributed by atoms with Crippen LogP contribution in [-0.2, 0) is 4.79 Å². The summed E-state index contributed by atoms with van der Waals surface area (Å²) in [5.41, 5.74) is 5.36. The standard InChI is InChI=1S/C14H20ClN3O4/c1-3-17-4-5-18-14(20)9-6-10(15)13(11(7-9)21-2)22-8-12(16)19/h6-7,17H,3-5,8H2,1-2H3,(H2,16,19)(H,18,20). The number of nitrogens with two attached hydrogens (primary N) is 1. The van der Waals surface area contributed by atoms with Gasteiger partial charge in [0.2, 0.25) is 0 Å². The predicted octanol–water partition coefficient (Wildman–Crippen LogP) is 0.552. The monoisotopic (exact) mass is 329 g/mol. The van der Waals surface area contributed by atoms with Gasteiger partial charge in [-0.15, -0.1) is 0 Å². The van der Waals surface area contributed by atoms with Crippen molar-refractivity contribution in [1.29, 1.82) is 0 Å². The molecule has 0 saturated heterocycles. The molecule has 122 valence electrons. The van der Waals surface area contributed by atoms with E-state index < -0.39 is 5.91 Å². The van der Waals surface area contributed by atoms with Crippen LogP contribution < -0.4 is 25.8 Å². The number of carbonyl (C=O) groups excluding carboxylic acids is 2. The van der Waals surface area contributed by atoms with E-state index in [-0.39, 0.29) is 29.0 Å². The highest BCUT2D eigenvalue weighted by Crippen LogP contribution is 2.36. The molecule has 1 aromatic rings. The van der Waals surface area contributed by atoms with E-state index in [9.17, 15) is 9.59 Å². The SMILES string of the molecule is CCNCCNC(=O)c1cc(Cl)c(OCC(N)=O)c(OC)c1. The van der Waals surface area contributed by atoms with Gasteiger partial charge in [-0.25, -0.2) is 0 Å². The second-order valence-electron chi connectivity index (χ2n) is 4.35. The van der Waals surface area contributed by atoms with E-state index in [2.05, 4.69) is 10.6 Å². The van der Waals surface area contributed by atoms with E-state index in [1.54, 1.807) is 0 Å². The minimum absolute atomic E-state index is 0.164. The lowest BCUT2D eigenvalue weighted by atomic mass is 10.2. The highest BCUT2D eigenvalue weighted by Gasteiger charge is 2.16. The van der Waals surface area contributed by atoms with Gasteiger partial charge in [-0.1, -0.05) is 18.5 Å². The molecule has 1 rings (SSSR count). The zero-order chi connectivity index (χ0) is 16.5. The average molecular weight is 330 g/mol. The second-order valence-corrected chi connectivity index (χ2v) is 4.76. The van der Waals surface area contributed by atoms with Crippen molar-refractivity contribution in [3.63, 3.8) is 0 Å². The summed E-state index contributed by atoms with van der Waals surface area (Å²) < 4.78 is 10.3. The Morgan fingerprint density at radius 1 is 1.32 bits per heavy atom. The van der Waals surface area contributed by atoms with Crippen LogP contribution in [0.15, 0.2) is 12.1 Å². The van der Waals surface area contributed by atoms with Crippen molar-refractivity contribution < 1.29 is 19.1 Å². The molecule has 0 atom stereocenters. The van der Waals surface area contributed by atoms with Crippen LogP contribution in [0.4, 0.5) is 0 Å². The maximum Gasteiger partial charge on any atom is 0.255 e. The fourth-order valence-corrected chi connectivity index (χ4v) is 1.94. The Hall–Kier alpha value is -1.99. The van der Waals surface area contributed by atoms with Crippen LogP contribution in [0.1, 0.15) is 17.3 Å². The molecule has 0 fully saturated rings. The molecule has 0 unspecified atom stereocenters. The summed E-state index contributed by atoms with van der Waals surface area (Å²) in [4.78, 5) is 22.8. The molecule has 0 heterocycles. The predicted molar refractivity (Wildman–Crippen MR) is 83.6 cm³/mol. The van der Waals surface area contributed by atoms with Crippen LogP contribution in [0.3, 0.4) is 0 Å². The van der Waals surface area contributed by atoms with Gasteiger partial charge in [-0.05, 0) is 18.7 Å². The van der Waals surface area contributed by atoms with Gasteiger partial charge in [0, 0.05) is 18.7 Å². The molecule has 4 N–H and O–H groups in total. The minimum Gasteiger partial charge on any atom is -0.493 e. The molecule has 0 spiro atoms. The number of nitrogens with one attached hydrogen (secondary N) is 2. The van der Waals surface area contributed by atoms with E-state index in [4.69, 9.17) is 26.8 Å².